The van der Waals surface area contributed by atoms with E-state index in [1.54, 1.807) is 10.9 Å². The van der Waals surface area contributed by atoms with E-state index in [0.29, 0.717) is 11.3 Å². The molecule has 1 N–H and O–H groups in total. The second-order valence-electron chi connectivity index (χ2n) is 6.04. The number of anilines is 1. The van der Waals surface area contributed by atoms with Crippen LogP contribution in [0, 0.1) is 6.92 Å². The Balaban J connectivity index is 1.75. The topological polar surface area (TPSA) is 56.1 Å². The number of nitrogens with one attached hydrogen (secondary N) is 1. The molecule has 0 atom stereocenters. The van der Waals surface area contributed by atoms with E-state index in [0.717, 1.165) is 17.1 Å². The van der Waals surface area contributed by atoms with Gasteiger partial charge in [-0.05, 0) is 57.2 Å². The van der Waals surface area contributed by atoms with Crippen LogP contribution in [0.1, 0.15) is 29.9 Å². The Morgan fingerprint density at radius 2 is 1.76 bits per heavy atom. The SMILES string of the molecule is Cc1c(C(=O)Nc2ccc(OC(C)C)cc2)cnn1-c1ccccc1. The Bertz CT molecular complexity index is 852. The van der Waals surface area contributed by atoms with Gasteiger partial charge in [-0.2, -0.15) is 5.10 Å². The molecule has 2 aromatic carbocycles. The van der Waals surface area contributed by atoms with Gasteiger partial charge < -0.3 is 10.1 Å². The van der Waals surface area contributed by atoms with E-state index in [4.69, 9.17) is 4.74 Å². The third kappa shape index (κ3) is 3.88. The van der Waals surface area contributed by atoms with Crippen LogP contribution in [0.25, 0.3) is 5.69 Å². The Kier molecular flexibility index (Phi) is 4.84. The van der Waals surface area contributed by atoms with Crippen molar-refractivity contribution in [3.8, 4) is 11.4 Å². The van der Waals surface area contributed by atoms with Crippen LogP contribution in [0.4, 0.5) is 5.69 Å². The first-order chi connectivity index (χ1) is 12.0. The van der Waals surface area contributed by atoms with Crippen LogP contribution in [0.15, 0.2) is 60.8 Å². The van der Waals surface area contributed by atoms with Crippen LogP contribution >= 0.6 is 0 Å². The minimum Gasteiger partial charge on any atom is -0.491 e. The number of hydrogen-bond acceptors (Lipinski definition) is 3. The standard InChI is InChI=1S/C20H21N3O2/c1-14(2)25-18-11-9-16(10-12-18)22-20(24)19-13-21-23(15(19)3)17-7-5-4-6-8-17/h4-14H,1-3H3,(H,22,24). The molecule has 0 fully saturated rings. The molecule has 1 amide bonds. The summed E-state index contributed by atoms with van der Waals surface area (Å²) in [7, 11) is 0. The van der Waals surface area contributed by atoms with Crippen molar-refractivity contribution in [1.82, 2.24) is 9.78 Å². The lowest BCUT2D eigenvalue weighted by atomic mass is 10.2. The van der Waals surface area contributed by atoms with Gasteiger partial charge in [0.25, 0.3) is 5.91 Å². The zero-order chi connectivity index (χ0) is 17.8. The third-order valence-corrected chi connectivity index (χ3v) is 3.74. The van der Waals surface area contributed by atoms with E-state index in [1.807, 2.05) is 75.4 Å². The molecule has 0 bridgehead atoms. The Morgan fingerprint density at radius 3 is 2.40 bits per heavy atom. The van der Waals surface area contributed by atoms with Crippen LogP contribution in [-0.4, -0.2) is 21.8 Å². The first-order valence-electron chi connectivity index (χ1n) is 8.22. The number of para-hydroxylation sites is 1. The first-order valence-corrected chi connectivity index (χ1v) is 8.22. The summed E-state index contributed by atoms with van der Waals surface area (Å²) in [5.74, 6) is 0.596. The lowest BCUT2D eigenvalue weighted by Gasteiger charge is -2.10. The smallest absolute Gasteiger partial charge is 0.259 e. The summed E-state index contributed by atoms with van der Waals surface area (Å²) < 4.78 is 7.36. The number of amides is 1. The molecule has 0 unspecified atom stereocenters. The molecule has 3 aromatic rings. The van der Waals surface area contributed by atoms with Gasteiger partial charge in [-0.15, -0.1) is 0 Å². The summed E-state index contributed by atoms with van der Waals surface area (Å²) in [6.07, 6.45) is 1.71. The molecule has 5 heteroatoms. The predicted octanol–water partition coefficient (Wildman–Crippen LogP) is 4.22. The van der Waals surface area contributed by atoms with Gasteiger partial charge in [0.2, 0.25) is 0 Å². The van der Waals surface area contributed by atoms with Crippen LogP contribution < -0.4 is 10.1 Å². The van der Waals surface area contributed by atoms with Crippen molar-refractivity contribution >= 4 is 11.6 Å². The summed E-state index contributed by atoms with van der Waals surface area (Å²) in [5, 5.41) is 7.23. The molecule has 0 spiro atoms. The lowest BCUT2D eigenvalue weighted by Crippen LogP contribution is -2.13. The first kappa shape index (κ1) is 16.8. The van der Waals surface area contributed by atoms with Crippen molar-refractivity contribution in [3.05, 3.63) is 72.1 Å². The summed E-state index contributed by atoms with van der Waals surface area (Å²) in [6, 6.07) is 17.1. The zero-order valence-corrected chi connectivity index (χ0v) is 14.6. The molecule has 25 heavy (non-hydrogen) atoms. The quantitative estimate of drug-likeness (QED) is 0.759. The van der Waals surface area contributed by atoms with Crippen molar-refractivity contribution < 1.29 is 9.53 Å². The molecule has 0 aliphatic heterocycles. The number of benzene rings is 2. The summed E-state index contributed by atoms with van der Waals surface area (Å²) >= 11 is 0. The Morgan fingerprint density at radius 1 is 1.08 bits per heavy atom. The fourth-order valence-corrected chi connectivity index (χ4v) is 2.55. The fraction of sp³-hybridized carbons (Fsp3) is 0.200. The van der Waals surface area contributed by atoms with Gasteiger partial charge in [0, 0.05) is 5.69 Å². The predicted molar refractivity (Wildman–Crippen MR) is 98.5 cm³/mol. The van der Waals surface area contributed by atoms with Gasteiger partial charge in [0.05, 0.1) is 29.2 Å². The van der Waals surface area contributed by atoms with Gasteiger partial charge in [-0.3, -0.25) is 4.79 Å². The maximum absolute atomic E-state index is 12.5. The monoisotopic (exact) mass is 335 g/mol. The number of hydrogen-bond donors (Lipinski definition) is 1. The highest BCUT2D eigenvalue weighted by Crippen LogP contribution is 2.19. The van der Waals surface area contributed by atoms with Gasteiger partial charge in [0.15, 0.2) is 0 Å². The molecule has 1 aromatic heterocycles. The normalized spacial score (nSPS) is 10.7. The Labute approximate surface area is 147 Å². The number of carbonyl (C=O) groups excluding carboxylic acids is 1. The molecule has 0 aliphatic rings. The van der Waals surface area contributed by atoms with E-state index in [-0.39, 0.29) is 12.0 Å². The average Bonchev–Trinajstić information content (AvgIpc) is 2.98. The fourth-order valence-electron chi connectivity index (χ4n) is 2.55. The highest BCUT2D eigenvalue weighted by atomic mass is 16.5. The zero-order valence-electron chi connectivity index (χ0n) is 14.6. The maximum Gasteiger partial charge on any atom is 0.259 e. The van der Waals surface area contributed by atoms with Crippen molar-refractivity contribution in [3.63, 3.8) is 0 Å². The highest BCUT2D eigenvalue weighted by Gasteiger charge is 2.15. The molecule has 1 heterocycles. The van der Waals surface area contributed by atoms with Crippen LogP contribution in [0.5, 0.6) is 5.75 Å². The van der Waals surface area contributed by atoms with E-state index >= 15 is 0 Å². The lowest BCUT2D eigenvalue weighted by molar-refractivity contribution is 0.102. The number of nitrogens with zero attached hydrogens (tertiary/aromatic N) is 2. The molecular weight excluding hydrogens is 314 g/mol. The molecular formula is C20H21N3O2. The molecule has 0 saturated heterocycles. The van der Waals surface area contributed by atoms with Crippen LogP contribution in [0.2, 0.25) is 0 Å². The summed E-state index contributed by atoms with van der Waals surface area (Å²) in [4.78, 5) is 12.5. The number of rotatable bonds is 5. The van der Waals surface area contributed by atoms with E-state index in [2.05, 4.69) is 10.4 Å². The molecule has 5 nitrogen and oxygen atoms in total. The molecule has 0 saturated carbocycles. The van der Waals surface area contributed by atoms with E-state index in [9.17, 15) is 4.79 Å². The molecule has 3 rings (SSSR count). The highest BCUT2D eigenvalue weighted by molar-refractivity contribution is 6.05. The van der Waals surface area contributed by atoms with Crippen LogP contribution in [-0.2, 0) is 0 Å². The van der Waals surface area contributed by atoms with Gasteiger partial charge in [-0.1, -0.05) is 18.2 Å². The van der Waals surface area contributed by atoms with E-state index < -0.39 is 0 Å². The van der Waals surface area contributed by atoms with Gasteiger partial charge >= 0.3 is 0 Å². The van der Waals surface area contributed by atoms with Crippen molar-refractivity contribution in [2.45, 2.75) is 26.9 Å². The summed E-state index contributed by atoms with van der Waals surface area (Å²) in [5.41, 5.74) is 2.98. The number of ether oxygens (including phenoxy) is 1. The number of aromatic nitrogens is 2. The average molecular weight is 335 g/mol. The minimum absolute atomic E-state index is 0.118. The summed E-state index contributed by atoms with van der Waals surface area (Å²) in [6.45, 7) is 5.83. The second-order valence-corrected chi connectivity index (χ2v) is 6.04. The maximum atomic E-state index is 12.5. The van der Waals surface area contributed by atoms with Crippen molar-refractivity contribution in [1.29, 1.82) is 0 Å². The third-order valence-electron chi connectivity index (χ3n) is 3.74. The van der Waals surface area contributed by atoms with Gasteiger partial charge in [-0.25, -0.2) is 4.68 Å². The van der Waals surface area contributed by atoms with Crippen molar-refractivity contribution in [2.75, 3.05) is 5.32 Å². The van der Waals surface area contributed by atoms with Gasteiger partial charge in [0.1, 0.15) is 5.75 Å². The molecule has 0 radical (unpaired) electrons. The minimum atomic E-state index is -0.183. The number of carbonyl (C=O) groups is 1. The molecule has 0 aliphatic carbocycles. The largest absolute Gasteiger partial charge is 0.491 e. The van der Waals surface area contributed by atoms with E-state index in [1.165, 1.54) is 0 Å². The molecule has 128 valence electrons. The Hall–Kier alpha value is -3.08. The second kappa shape index (κ2) is 7.21. The van der Waals surface area contributed by atoms with Crippen molar-refractivity contribution in [2.24, 2.45) is 0 Å². The van der Waals surface area contributed by atoms with Crippen LogP contribution in [0.3, 0.4) is 0 Å².